The number of rotatable bonds is 3. The highest BCUT2D eigenvalue weighted by molar-refractivity contribution is 14.1. The van der Waals surface area contributed by atoms with Crippen LogP contribution in [0, 0.1) is 15.2 Å². The summed E-state index contributed by atoms with van der Waals surface area (Å²) in [5, 5.41) is 0. The van der Waals surface area contributed by atoms with E-state index in [2.05, 4.69) is 4.98 Å². The first-order valence-corrected chi connectivity index (χ1v) is 7.54. The van der Waals surface area contributed by atoms with Crippen LogP contribution < -0.4 is 4.74 Å². The molecule has 2 nitrogen and oxygen atoms in total. The molecule has 0 aliphatic carbocycles. The van der Waals surface area contributed by atoms with Gasteiger partial charge in [-0.1, -0.05) is 12.1 Å². The fourth-order valence-electron chi connectivity index (χ4n) is 1.96. The Balaban J connectivity index is 1.89. The topological polar surface area (TPSA) is 22.1 Å². The molecule has 0 fully saturated rings. The molecule has 0 bridgehead atoms. The Morgan fingerprint density at radius 3 is 2.50 bits per heavy atom. The zero-order valence-corrected chi connectivity index (χ0v) is 13.4. The molecule has 0 amide bonds. The largest absolute Gasteiger partial charge is 0.457 e. The van der Waals surface area contributed by atoms with Gasteiger partial charge < -0.3 is 4.74 Å². The van der Waals surface area contributed by atoms with Crippen molar-refractivity contribution in [3.05, 3.63) is 76.0 Å². The summed E-state index contributed by atoms with van der Waals surface area (Å²) < 4.78 is 33.0. The summed E-state index contributed by atoms with van der Waals surface area (Å²) in [4.78, 5) is 4.20. The second-order valence-corrected chi connectivity index (χ2v) is 5.73. The van der Waals surface area contributed by atoms with Gasteiger partial charge in [-0.05, 0) is 52.9 Å². The van der Waals surface area contributed by atoms with Gasteiger partial charge in [-0.2, -0.15) is 0 Å². The molecule has 3 aromatic rings. The smallest absolute Gasteiger partial charge is 0.140 e. The van der Waals surface area contributed by atoms with Crippen molar-refractivity contribution in [2.45, 2.75) is 0 Å². The third-order valence-corrected chi connectivity index (χ3v) is 3.85. The van der Waals surface area contributed by atoms with Crippen molar-refractivity contribution in [1.29, 1.82) is 0 Å². The Kier molecular flexibility index (Phi) is 4.33. The van der Waals surface area contributed by atoms with Crippen LogP contribution in [0.15, 0.2) is 60.8 Å². The average molecular weight is 409 g/mol. The lowest BCUT2D eigenvalue weighted by Crippen LogP contribution is -1.90. The minimum Gasteiger partial charge on any atom is -0.457 e. The molecule has 0 aliphatic rings. The van der Waals surface area contributed by atoms with Crippen LogP contribution in [0.4, 0.5) is 8.78 Å². The number of pyridine rings is 1. The molecule has 1 aromatic heterocycles. The van der Waals surface area contributed by atoms with E-state index in [0.717, 1.165) is 0 Å². The molecule has 0 radical (unpaired) electrons. The monoisotopic (exact) mass is 409 g/mol. The zero-order chi connectivity index (χ0) is 15.5. The van der Waals surface area contributed by atoms with Crippen LogP contribution in [-0.4, -0.2) is 4.98 Å². The van der Waals surface area contributed by atoms with Crippen LogP contribution >= 0.6 is 22.6 Å². The molecule has 0 atom stereocenters. The molecular weight excluding hydrogens is 399 g/mol. The van der Waals surface area contributed by atoms with E-state index >= 15 is 0 Å². The van der Waals surface area contributed by atoms with Crippen LogP contribution in [0.3, 0.4) is 0 Å². The van der Waals surface area contributed by atoms with Gasteiger partial charge in [-0.3, -0.25) is 4.98 Å². The normalized spacial score (nSPS) is 10.5. The van der Waals surface area contributed by atoms with Crippen LogP contribution in [0.5, 0.6) is 11.5 Å². The molecule has 1 heterocycles. The maximum Gasteiger partial charge on any atom is 0.140 e. The Hall–Kier alpha value is -2.02. The maximum atomic E-state index is 13.5. The fourth-order valence-corrected chi connectivity index (χ4v) is 2.29. The third-order valence-electron chi connectivity index (χ3n) is 2.98. The van der Waals surface area contributed by atoms with Crippen molar-refractivity contribution in [2.24, 2.45) is 0 Å². The first-order chi connectivity index (χ1) is 10.6. The first kappa shape index (κ1) is 14.9. The molecule has 2 aromatic carbocycles. The summed E-state index contributed by atoms with van der Waals surface area (Å²) in [6.07, 6.45) is 1.57. The zero-order valence-electron chi connectivity index (χ0n) is 11.3. The van der Waals surface area contributed by atoms with E-state index in [1.807, 2.05) is 22.6 Å². The molecule has 0 spiro atoms. The Morgan fingerprint density at radius 2 is 1.73 bits per heavy atom. The van der Waals surface area contributed by atoms with Gasteiger partial charge in [-0.25, -0.2) is 8.78 Å². The Bertz CT molecular complexity index is 823. The van der Waals surface area contributed by atoms with E-state index in [-0.39, 0.29) is 11.6 Å². The van der Waals surface area contributed by atoms with E-state index in [1.165, 1.54) is 18.2 Å². The average Bonchev–Trinajstić information content (AvgIpc) is 2.51. The van der Waals surface area contributed by atoms with Gasteiger partial charge in [0.2, 0.25) is 0 Å². The van der Waals surface area contributed by atoms with E-state index in [9.17, 15) is 8.78 Å². The summed E-state index contributed by atoms with van der Waals surface area (Å²) in [6.45, 7) is 0. The third kappa shape index (κ3) is 3.41. The predicted octanol–water partition coefficient (Wildman–Crippen LogP) is 5.42. The lowest BCUT2D eigenvalue weighted by atomic mass is 10.1. The lowest BCUT2D eigenvalue weighted by molar-refractivity contribution is 0.475. The van der Waals surface area contributed by atoms with Gasteiger partial charge in [0.25, 0.3) is 0 Å². The Labute approximate surface area is 139 Å². The van der Waals surface area contributed by atoms with Gasteiger partial charge in [0.1, 0.15) is 23.1 Å². The summed E-state index contributed by atoms with van der Waals surface area (Å²) in [5.41, 5.74) is 1.24. The number of benzene rings is 2. The fraction of sp³-hybridized carbons (Fsp3) is 0. The molecule has 0 N–H and O–H groups in total. The molecular formula is C17H10F2INO. The molecule has 0 unspecified atom stereocenters. The SMILES string of the molecule is Fc1cccc(-c2cc(Oc3ccc(I)c(F)c3)ccn2)c1. The number of nitrogens with zero attached hydrogens (tertiary/aromatic N) is 1. The number of halogens is 3. The highest BCUT2D eigenvalue weighted by atomic mass is 127. The first-order valence-electron chi connectivity index (χ1n) is 6.47. The van der Waals surface area contributed by atoms with Crippen LogP contribution in [-0.2, 0) is 0 Å². The van der Waals surface area contributed by atoms with Crippen LogP contribution in [0.1, 0.15) is 0 Å². The second kappa shape index (κ2) is 6.39. The van der Waals surface area contributed by atoms with Gasteiger partial charge in [0, 0.05) is 27.5 Å². The summed E-state index contributed by atoms with van der Waals surface area (Å²) in [5.74, 6) is 0.243. The summed E-state index contributed by atoms with van der Waals surface area (Å²) >= 11 is 1.91. The van der Waals surface area contributed by atoms with Gasteiger partial charge in [0.05, 0.1) is 5.69 Å². The van der Waals surface area contributed by atoms with Gasteiger partial charge in [0.15, 0.2) is 0 Å². The molecule has 0 saturated heterocycles. The predicted molar refractivity (Wildman–Crippen MR) is 88.8 cm³/mol. The highest BCUT2D eigenvalue weighted by Gasteiger charge is 2.06. The maximum absolute atomic E-state index is 13.5. The van der Waals surface area contributed by atoms with Gasteiger partial charge in [-0.15, -0.1) is 0 Å². The standard InChI is InChI=1S/C17H10F2INO/c18-12-3-1-2-11(8-12)17-10-14(6-7-21-17)22-13-4-5-16(20)15(19)9-13/h1-10H. The van der Waals surface area contributed by atoms with Crippen LogP contribution in [0.25, 0.3) is 11.3 Å². The number of hydrogen-bond acceptors (Lipinski definition) is 2. The minimum absolute atomic E-state index is 0.328. The number of hydrogen-bond donors (Lipinski definition) is 0. The molecule has 22 heavy (non-hydrogen) atoms. The second-order valence-electron chi connectivity index (χ2n) is 4.57. The van der Waals surface area contributed by atoms with Crippen molar-refractivity contribution in [1.82, 2.24) is 4.98 Å². The molecule has 3 rings (SSSR count). The number of ether oxygens (including phenoxy) is 1. The van der Waals surface area contributed by atoms with Crippen molar-refractivity contribution in [3.63, 3.8) is 0 Å². The van der Waals surface area contributed by atoms with E-state index in [1.54, 1.807) is 42.6 Å². The molecule has 5 heteroatoms. The van der Waals surface area contributed by atoms with Crippen LogP contribution in [0.2, 0.25) is 0 Å². The quantitative estimate of drug-likeness (QED) is 0.539. The van der Waals surface area contributed by atoms with Crippen molar-refractivity contribution >= 4 is 22.6 Å². The van der Waals surface area contributed by atoms with Gasteiger partial charge >= 0.3 is 0 Å². The lowest BCUT2D eigenvalue weighted by Gasteiger charge is -2.08. The van der Waals surface area contributed by atoms with E-state index in [4.69, 9.17) is 4.74 Å². The highest BCUT2D eigenvalue weighted by Crippen LogP contribution is 2.27. The van der Waals surface area contributed by atoms with Crippen molar-refractivity contribution in [2.75, 3.05) is 0 Å². The molecule has 0 saturated carbocycles. The minimum atomic E-state index is -0.336. The van der Waals surface area contributed by atoms with E-state index in [0.29, 0.717) is 26.3 Å². The Morgan fingerprint density at radius 1 is 0.909 bits per heavy atom. The summed E-state index contributed by atoms with van der Waals surface area (Å²) in [6, 6.07) is 14.2. The van der Waals surface area contributed by atoms with E-state index < -0.39 is 0 Å². The van der Waals surface area contributed by atoms with Crippen molar-refractivity contribution < 1.29 is 13.5 Å². The molecule has 0 aliphatic heterocycles. The van der Waals surface area contributed by atoms with Crippen molar-refractivity contribution in [3.8, 4) is 22.8 Å². The summed E-state index contributed by atoms with van der Waals surface area (Å²) in [7, 11) is 0. The number of aromatic nitrogens is 1. The molecule has 110 valence electrons.